The molecule has 0 aliphatic heterocycles. The van der Waals surface area contributed by atoms with Crippen LogP contribution in [0.5, 0.6) is 0 Å². The maximum atomic E-state index is 12.7. The van der Waals surface area contributed by atoms with Crippen LogP contribution in [-0.4, -0.2) is 32.4 Å². The Bertz CT molecular complexity index is 569. The van der Waals surface area contributed by atoms with Crippen molar-refractivity contribution in [1.29, 1.82) is 0 Å². The Labute approximate surface area is 137 Å². The number of nitrogens with zero attached hydrogens (tertiary/aromatic N) is 1. The van der Waals surface area contributed by atoms with Gasteiger partial charge in [0.05, 0.1) is 4.90 Å². The number of benzene rings is 1. The van der Waals surface area contributed by atoms with Crippen LogP contribution >= 0.6 is 15.9 Å². The molecule has 0 amide bonds. The van der Waals surface area contributed by atoms with E-state index in [2.05, 4.69) is 28.2 Å². The van der Waals surface area contributed by atoms with E-state index < -0.39 is 10.0 Å². The number of sulfonamides is 1. The lowest BCUT2D eigenvalue weighted by atomic mass is 10.1. The summed E-state index contributed by atoms with van der Waals surface area (Å²) in [6, 6.07) is 3.79. The fourth-order valence-electron chi connectivity index (χ4n) is 2.21. The van der Waals surface area contributed by atoms with E-state index in [9.17, 15) is 8.42 Å². The fraction of sp³-hybridized carbons (Fsp3) is 0.600. The molecule has 0 saturated carbocycles. The summed E-state index contributed by atoms with van der Waals surface area (Å²) in [6.45, 7) is 10.3. The number of nitrogens with one attached hydrogen (secondary N) is 1. The van der Waals surface area contributed by atoms with Gasteiger partial charge in [-0.25, -0.2) is 8.42 Å². The number of aryl methyl sites for hydroxylation is 1. The first kappa shape index (κ1) is 18.6. The van der Waals surface area contributed by atoms with E-state index in [-0.39, 0.29) is 0 Å². The van der Waals surface area contributed by atoms with Crippen molar-refractivity contribution in [2.75, 3.05) is 19.6 Å². The molecule has 0 bridgehead atoms. The molecule has 0 fully saturated rings. The zero-order chi connectivity index (χ0) is 16.0. The molecule has 1 aromatic rings. The van der Waals surface area contributed by atoms with Gasteiger partial charge in [-0.1, -0.05) is 26.8 Å². The van der Waals surface area contributed by atoms with E-state index in [1.165, 1.54) is 4.31 Å². The third-order valence-electron chi connectivity index (χ3n) is 3.36. The van der Waals surface area contributed by atoms with Gasteiger partial charge in [0, 0.05) is 24.1 Å². The Kier molecular flexibility index (Phi) is 7.33. The predicted octanol–water partition coefficient (Wildman–Crippen LogP) is 3.29. The first-order chi connectivity index (χ1) is 9.88. The Morgan fingerprint density at radius 3 is 2.33 bits per heavy atom. The molecule has 1 aromatic carbocycles. The second-order valence-electron chi connectivity index (χ2n) is 4.99. The van der Waals surface area contributed by atoms with E-state index in [0.29, 0.717) is 29.0 Å². The zero-order valence-corrected chi connectivity index (χ0v) is 15.6. The molecule has 0 atom stereocenters. The van der Waals surface area contributed by atoms with Crippen LogP contribution in [0.25, 0.3) is 0 Å². The molecule has 0 unspecified atom stereocenters. The smallest absolute Gasteiger partial charge is 0.244 e. The highest BCUT2D eigenvalue weighted by atomic mass is 79.9. The van der Waals surface area contributed by atoms with Crippen LogP contribution in [0.2, 0.25) is 0 Å². The predicted molar refractivity (Wildman–Crippen MR) is 91.0 cm³/mol. The van der Waals surface area contributed by atoms with Crippen LogP contribution < -0.4 is 5.32 Å². The van der Waals surface area contributed by atoms with Crippen LogP contribution in [0.15, 0.2) is 21.5 Å². The zero-order valence-electron chi connectivity index (χ0n) is 13.2. The Hall–Kier alpha value is -0.430. The van der Waals surface area contributed by atoms with Crippen molar-refractivity contribution in [1.82, 2.24) is 9.62 Å². The maximum Gasteiger partial charge on any atom is 0.244 e. The van der Waals surface area contributed by atoms with Crippen molar-refractivity contribution in [2.45, 2.75) is 45.6 Å². The summed E-state index contributed by atoms with van der Waals surface area (Å²) in [5.74, 6) is 0. The van der Waals surface area contributed by atoms with Gasteiger partial charge < -0.3 is 5.32 Å². The molecule has 0 aliphatic rings. The van der Waals surface area contributed by atoms with Crippen molar-refractivity contribution >= 4 is 26.0 Å². The van der Waals surface area contributed by atoms with Crippen molar-refractivity contribution in [3.8, 4) is 0 Å². The van der Waals surface area contributed by atoms with Gasteiger partial charge in [0.15, 0.2) is 0 Å². The van der Waals surface area contributed by atoms with Crippen molar-refractivity contribution in [2.24, 2.45) is 0 Å². The first-order valence-electron chi connectivity index (χ1n) is 7.38. The van der Waals surface area contributed by atoms with Gasteiger partial charge in [-0.3, -0.25) is 0 Å². The van der Waals surface area contributed by atoms with Crippen molar-refractivity contribution in [3.63, 3.8) is 0 Å². The number of hydrogen-bond donors (Lipinski definition) is 1. The number of rotatable bonds is 8. The van der Waals surface area contributed by atoms with Gasteiger partial charge in [0.1, 0.15) is 0 Å². The standard InChI is InChI=1S/C15H25BrN2O2S/c1-5-8-17-11-13-9-12(4)15(16)14(10-13)21(19,20)18(6-2)7-3/h9-10,17H,5-8,11H2,1-4H3. The summed E-state index contributed by atoms with van der Waals surface area (Å²) in [7, 11) is -3.45. The summed E-state index contributed by atoms with van der Waals surface area (Å²) in [5.41, 5.74) is 1.94. The summed E-state index contributed by atoms with van der Waals surface area (Å²) in [6.07, 6.45) is 1.06. The summed E-state index contributed by atoms with van der Waals surface area (Å²) >= 11 is 3.43. The van der Waals surface area contributed by atoms with Crippen LogP contribution in [0.3, 0.4) is 0 Å². The molecule has 4 nitrogen and oxygen atoms in total. The Balaban J connectivity index is 3.22. The van der Waals surface area contributed by atoms with Gasteiger partial charge in [-0.15, -0.1) is 0 Å². The average Bonchev–Trinajstić information content (AvgIpc) is 2.43. The highest BCUT2D eigenvalue weighted by Crippen LogP contribution is 2.29. The van der Waals surface area contributed by atoms with Gasteiger partial charge in [0.25, 0.3) is 0 Å². The highest BCUT2D eigenvalue weighted by Gasteiger charge is 2.25. The van der Waals surface area contributed by atoms with Gasteiger partial charge in [-0.05, 0) is 53.0 Å². The monoisotopic (exact) mass is 376 g/mol. The number of hydrogen-bond acceptors (Lipinski definition) is 3. The van der Waals surface area contributed by atoms with E-state index in [1.807, 2.05) is 26.8 Å². The second-order valence-corrected chi connectivity index (χ2v) is 7.69. The summed E-state index contributed by atoms with van der Waals surface area (Å²) in [5, 5.41) is 3.31. The largest absolute Gasteiger partial charge is 0.313 e. The van der Waals surface area contributed by atoms with Crippen LogP contribution in [-0.2, 0) is 16.6 Å². The van der Waals surface area contributed by atoms with Crippen molar-refractivity contribution < 1.29 is 8.42 Å². The lowest BCUT2D eigenvalue weighted by Crippen LogP contribution is -2.31. The maximum absolute atomic E-state index is 12.7. The third kappa shape index (κ3) is 4.52. The topological polar surface area (TPSA) is 49.4 Å². The van der Waals surface area contributed by atoms with Crippen LogP contribution in [0.4, 0.5) is 0 Å². The normalized spacial score (nSPS) is 12.1. The molecule has 120 valence electrons. The summed E-state index contributed by atoms with van der Waals surface area (Å²) in [4.78, 5) is 0.361. The van der Waals surface area contributed by atoms with Gasteiger partial charge in [-0.2, -0.15) is 4.31 Å². The molecule has 0 spiro atoms. The Morgan fingerprint density at radius 1 is 1.19 bits per heavy atom. The van der Waals surface area contributed by atoms with E-state index >= 15 is 0 Å². The van der Waals surface area contributed by atoms with Gasteiger partial charge >= 0.3 is 0 Å². The minimum absolute atomic E-state index is 0.361. The molecular formula is C15H25BrN2O2S. The molecule has 0 saturated heterocycles. The summed E-state index contributed by atoms with van der Waals surface area (Å²) < 4.78 is 27.6. The second kappa shape index (κ2) is 8.27. The molecule has 1 N–H and O–H groups in total. The molecule has 0 aliphatic carbocycles. The average molecular weight is 377 g/mol. The lowest BCUT2D eigenvalue weighted by Gasteiger charge is -2.20. The molecule has 0 aromatic heterocycles. The lowest BCUT2D eigenvalue weighted by molar-refractivity contribution is 0.444. The molecule has 0 radical (unpaired) electrons. The quantitative estimate of drug-likeness (QED) is 0.708. The van der Waals surface area contributed by atoms with E-state index in [0.717, 1.165) is 24.1 Å². The first-order valence-corrected chi connectivity index (χ1v) is 9.61. The molecule has 0 heterocycles. The van der Waals surface area contributed by atoms with E-state index in [4.69, 9.17) is 0 Å². The van der Waals surface area contributed by atoms with E-state index in [1.54, 1.807) is 6.07 Å². The minimum atomic E-state index is -3.45. The Morgan fingerprint density at radius 2 is 1.81 bits per heavy atom. The van der Waals surface area contributed by atoms with Crippen LogP contribution in [0, 0.1) is 6.92 Å². The third-order valence-corrected chi connectivity index (χ3v) is 6.75. The molecule has 6 heteroatoms. The fourth-order valence-corrected chi connectivity index (χ4v) is 4.70. The molecule has 1 rings (SSSR count). The minimum Gasteiger partial charge on any atom is -0.313 e. The number of halogens is 1. The molecule has 21 heavy (non-hydrogen) atoms. The van der Waals surface area contributed by atoms with Gasteiger partial charge in [0.2, 0.25) is 10.0 Å². The van der Waals surface area contributed by atoms with Crippen LogP contribution in [0.1, 0.15) is 38.3 Å². The molecular weight excluding hydrogens is 352 g/mol. The highest BCUT2D eigenvalue weighted by molar-refractivity contribution is 9.10. The van der Waals surface area contributed by atoms with Crippen molar-refractivity contribution in [3.05, 3.63) is 27.7 Å². The SMILES string of the molecule is CCCNCc1cc(C)c(Br)c(S(=O)(=O)N(CC)CC)c1.